The number of anilines is 1. The van der Waals surface area contributed by atoms with Crippen molar-refractivity contribution in [2.24, 2.45) is 14.1 Å². The molecule has 16 rings (SSSR count). The third-order valence-corrected chi connectivity index (χ3v) is 17.2. The van der Waals surface area contributed by atoms with Crippen molar-refractivity contribution >= 4 is 40.0 Å². The van der Waals surface area contributed by atoms with E-state index in [0.717, 1.165) is 108 Å². The lowest BCUT2D eigenvalue weighted by atomic mass is 9.77. The number of β-amino-alcohol motifs (C(OH)–C–C–N with tert-alkyl or cyclic N) is 2. The van der Waals surface area contributed by atoms with Gasteiger partial charge in [0, 0.05) is 104 Å². The average molecular weight is 1230 g/mol. The Morgan fingerprint density at radius 2 is 0.783 bits per heavy atom. The fourth-order valence-electron chi connectivity index (χ4n) is 12.7. The van der Waals surface area contributed by atoms with Gasteiger partial charge in [0.2, 0.25) is 5.95 Å². The van der Waals surface area contributed by atoms with Crippen LogP contribution >= 0.6 is 12.4 Å². The molecule has 2 saturated heterocycles. The van der Waals surface area contributed by atoms with Gasteiger partial charge in [0.05, 0.1) is 35.6 Å². The van der Waals surface area contributed by atoms with E-state index in [0.29, 0.717) is 24.3 Å². The molecule has 8 aromatic carbocycles. The second kappa shape index (κ2) is 26.0. The predicted octanol–water partition coefficient (Wildman–Crippen LogP) is 13.4. The van der Waals surface area contributed by atoms with Gasteiger partial charge >= 0.3 is 0 Å². The molecule has 3 N–H and O–H groups in total. The number of hydrogen-bond acceptors (Lipinski definition) is 10. The molecule has 0 saturated carbocycles. The smallest absolute Gasteiger partial charge is 0.213 e. The van der Waals surface area contributed by atoms with Gasteiger partial charge < -0.3 is 20.4 Å². The van der Waals surface area contributed by atoms with Crippen LogP contribution < -0.4 is 10.2 Å². The quantitative estimate of drug-likeness (QED) is 0.0751. The molecular weight excluding hydrogens is 1170 g/mol. The molecule has 0 spiro atoms. The Labute approximate surface area is 538 Å². The van der Waals surface area contributed by atoms with Crippen LogP contribution in [0.4, 0.5) is 10.2 Å². The Kier molecular flexibility index (Phi) is 17.0. The molecule has 2 fully saturated rings. The first-order valence-corrected chi connectivity index (χ1v) is 30.4. The summed E-state index contributed by atoms with van der Waals surface area (Å²) in [4.78, 5) is 10.5. The molecule has 0 atom stereocenters. The van der Waals surface area contributed by atoms with Crippen molar-refractivity contribution in [1.82, 2.24) is 54.4 Å². The summed E-state index contributed by atoms with van der Waals surface area (Å²) < 4.78 is 22.4. The number of aliphatic hydroxyl groups is 2. The number of halogens is 2. The molecule has 2 aliphatic heterocycles. The number of fused-ring (bicyclic) bond motifs is 2. The van der Waals surface area contributed by atoms with Crippen LogP contribution in [0.5, 0.6) is 0 Å². The maximum Gasteiger partial charge on any atom is 0.213 e. The summed E-state index contributed by atoms with van der Waals surface area (Å²) in [5.41, 5.74) is 14.1. The second-order valence-electron chi connectivity index (χ2n) is 23.0. The van der Waals surface area contributed by atoms with Gasteiger partial charge in [-0.1, -0.05) is 194 Å². The molecule has 456 valence electrons. The van der Waals surface area contributed by atoms with Crippen LogP contribution in [-0.4, -0.2) is 97.7 Å². The van der Waals surface area contributed by atoms with Crippen LogP contribution in [0.1, 0.15) is 33.4 Å². The van der Waals surface area contributed by atoms with Crippen molar-refractivity contribution in [2.75, 3.05) is 31.1 Å². The monoisotopic (exact) mass is 1230 g/mol. The second-order valence-corrected chi connectivity index (χ2v) is 23.0. The van der Waals surface area contributed by atoms with E-state index in [1.807, 2.05) is 74.0 Å². The van der Waals surface area contributed by atoms with Gasteiger partial charge in [-0.2, -0.15) is 24.8 Å². The van der Waals surface area contributed by atoms with Crippen molar-refractivity contribution in [3.63, 3.8) is 0 Å². The Hall–Kier alpha value is -10.7. The first-order chi connectivity index (χ1) is 44.6. The third kappa shape index (κ3) is 11.3. The number of pyridine rings is 2. The van der Waals surface area contributed by atoms with Crippen LogP contribution in [-0.2, 0) is 25.2 Å². The van der Waals surface area contributed by atoms with Crippen molar-refractivity contribution in [1.29, 1.82) is 0 Å². The third-order valence-electron chi connectivity index (χ3n) is 17.2. The Bertz CT molecular complexity index is 4590. The lowest BCUT2D eigenvalue weighted by molar-refractivity contribution is 0.117. The first kappa shape index (κ1) is 60.2. The summed E-state index contributed by atoms with van der Waals surface area (Å²) in [5.74, 6) is 0.290. The van der Waals surface area contributed by atoms with Crippen molar-refractivity contribution < 1.29 is 14.6 Å². The molecule has 14 nitrogen and oxygen atoms in total. The molecule has 0 unspecified atom stereocenters. The number of aryl methyl sites for hydroxylation is 2. The zero-order valence-electron chi connectivity index (χ0n) is 50.6. The highest BCUT2D eigenvalue weighted by Gasteiger charge is 2.43. The van der Waals surface area contributed by atoms with E-state index in [4.69, 9.17) is 15.3 Å². The van der Waals surface area contributed by atoms with Crippen molar-refractivity contribution in [3.05, 3.63) is 319 Å². The van der Waals surface area contributed by atoms with Crippen LogP contribution in [0.15, 0.2) is 280 Å². The van der Waals surface area contributed by atoms with Gasteiger partial charge in [0.1, 0.15) is 28.3 Å². The van der Waals surface area contributed by atoms with E-state index in [1.165, 1.54) is 12.3 Å². The average Bonchev–Trinajstić information content (AvgIpc) is 1.44. The maximum atomic E-state index is 14.5. The standard InChI is InChI=1S/C38H32N6O.C35H26FN5.C3H7NO.ClH/c1-42-24-29(23-40-42)27-17-18-35-34(21-27)37(28-19-20-39-36(22-28)43-25-33(45)26-43)41-44(35)38(30-11-5-2-6-12-30,31-13-7-3-8-14-31)32-15-9-4-10-16-32;1-40-24-27(23-38-40)25-17-18-32-31(21-25)34(26-19-20-37-33(36)22-26)39-41(32)35(28-11-5-2-6-12-28,29-13-7-3-8-14-29)30-15-9-4-10-16-30;5-3-1-4-2-3;/h2-24,33,45H,25-26H2,1H3;2-24H,1H3;3-5H,1-2H2;1H. The summed E-state index contributed by atoms with van der Waals surface area (Å²) in [6.45, 7) is 2.74. The molecule has 14 aromatic rings. The minimum absolute atomic E-state index is 0. The van der Waals surface area contributed by atoms with Crippen LogP contribution in [0.3, 0.4) is 0 Å². The molecular formula is C76H66ClFN12O2. The number of rotatable bonds is 13. The Balaban J connectivity index is 0.000000155. The number of benzene rings is 8. The zero-order valence-corrected chi connectivity index (χ0v) is 51.5. The number of nitrogens with one attached hydrogen (secondary N) is 1. The molecule has 0 amide bonds. The van der Waals surface area contributed by atoms with Crippen molar-refractivity contribution in [2.45, 2.75) is 23.3 Å². The number of aromatic nitrogens is 10. The van der Waals surface area contributed by atoms with Crippen molar-refractivity contribution in [3.8, 4) is 44.8 Å². The van der Waals surface area contributed by atoms with Crippen LogP contribution in [0, 0.1) is 5.95 Å². The lowest BCUT2D eigenvalue weighted by Gasteiger charge is -2.37. The molecule has 92 heavy (non-hydrogen) atoms. The van der Waals surface area contributed by atoms with Gasteiger partial charge in [-0.05, 0) is 87.0 Å². The van der Waals surface area contributed by atoms with Crippen LogP contribution in [0.2, 0.25) is 0 Å². The number of nitrogens with zero attached hydrogens (tertiary/aromatic N) is 11. The van der Waals surface area contributed by atoms with E-state index in [2.05, 4.69) is 246 Å². The summed E-state index contributed by atoms with van der Waals surface area (Å²) in [5, 5.41) is 42.9. The highest BCUT2D eigenvalue weighted by Crippen LogP contribution is 2.47. The minimum Gasteiger partial charge on any atom is -0.390 e. The summed E-state index contributed by atoms with van der Waals surface area (Å²) >= 11 is 0. The number of hydrogen-bond donors (Lipinski definition) is 3. The zero-order chi connectivity index (χ0) is 61.9. The summed E-state index contributed by atoms with van der Waals surface area (Å²) in [6.07, 6.45) is 10.7. The lowest BCUT2D eigenvalue weighted by Crippen LogP contribution is -2.51. The molecule has 0 aliphatic carbocycles. The van der Waals surface area contributed by atoms with Crippen LogP contribution in [0.25, 0.3) is 66.6 Å². The van der Waals surface area contributed by atoms with E-state index in [1.54, 1.807) is 10.7 Å². The predicted molar refractivity (Wildman–Crippen MR) is 364 cm³/mol. The molecule has 16 heteroatoms. The highest BCUT2D eigenvalue weighted by atomic mass is 35.5. The van der Waals surface area contributed by atoms with Gasteiger partial charge in [-0.15, -0.1) is 12.4 Å². The largest absolute Gasteiger partial charge is 0.390 e. The minimum atomic E-state index is -0.818. The summed E-state index contributed by atoms with van der Waals surface area (Å²) in [6, 6.07) is 83.4. The highest BCUT2D eigenvalue weighted by molar-refractivity contribution is 5.98. The van der Waals surface area contributed by atoms with Gasteiger partial charge in [-0.25, -0.2) is 19.3 Å². The molecule has 8 heterocycles. The molecule has 2 aliphatic rings. The normalized spacial score (nSPS) is 13.3. The van der Waals surface area contributed by atoms with Gasteiger partial charge in [0.15, 0.2) is 0 Å². The Morgan fingerprint density at radius 1 is 0.424 bits per heavy atom. The molecule has 0 radical (unpaired) electrons. The fraction of sp³-hybridized carbons (Fsp3) is 0.132. The summed E-state index contributed by atoms with van der Waals surface area (Å²) in [7, 11) is 3.84. The van der Waals surface area contributed by atoms with E-state index in [9.17, 15) is 9.50 Å². The van der Waals surface area contributed by atoms with Gasteiger partial charge in [-0.3, -0.25) is 9.36 Å². The number of aliphatic hydroxyl groups excluding tert-OH is 2. The molecule has 6 aromatic heterocycles. The Morgan fingerprint density at radius 3 is 1.10 bits per heavy atom. The first-order valence-electron chi connectivity index (χ1n) is 30.4. The van der Waals surface area contributed by atoms with E-state index >= 15 is 0 Å². The topological polar surface area (TPSA) is 153 Å². The van der Waals surface area contributed by atoms with E-state index < -0.39 is 17.0 Å². The van der Waals surface area contributed by atoms with Gasteiger partial charge in [0.25, 0.3) is 0 Å². The SMILES string of the molecule is Cl.Cn1cc(-c2ccc3c(c2)c(-c2ccnc(F)c2)nn3C(c2ccccc2)(c2ccccc2)c2ccccc2)cn1.Cn1cc(-c2ccc3c(c2)c(-c2ccnc(N4CC(O)C4)c2)nn3C(c2ccccc2)(c2ccccc2)c2ccccc2)cn1.OC1CNC1. The van der Waals surface area contributed by atoms with E-state index in [-0.39, 0.29) is 24.6 Å². The maximum absolute atomic E-state index is 14.5. The fourth-order valence-corrected chi connectivity index (χ4v) is 12.7. The molecule has 0 bridgehead atoms.